The number of carbonyl (C=O) groups is 1. The number of alkyl halides is 3. The molecule has 0 unspecified atom stereocenters. The standard InChI is InChI=1S/C19H23F3O3/c20-19(21,22)17-11-9-10-16(14-17)15-25-13-8-6-4-2-1-3-5-7-12-18(23)24/h3,5,7,9-12,14H,1-2,4,6,8,13,15H2,(H,23,24)/b5-3+,12-7+. The molecule has 0 aliphatic carbocycles. The van der Waals surface area contributed by atoms with E-state index >= 15 is 0 Å². The van der Waals surface area contributed by atoms with Crippen molar-refractivity contribution < 1.29 is 27.8 Å². The number of rotatable bonds is 11. The first-order valence-corrected chi connectivity index (χ1v) is 8.19. The van der Waals surface area contributed by atoms with Gasteiger partial charge in [0.1, 0.15) is 0 Å². The van der Waals surface area contributed by atoms with Gasteiger partial charge < -0.3 is 9.84 Å². The quantitative estimate of drug-likeness (QED) is 0.329. The van der Waals surface area contributed by atoms with Gasteiger partial charge in [0.2, 0.25) is 0 Å². The summed E-state index contributed by atoms with van der Waals surface area (Å²) in [6, 6.07) is 5.18. The lowest BCUT2D eigenvalue weighted by Gasteiger charge is -2.09. The molecule has 0 fully saturated rings. The Morgan fingerprint density at radius 1 is 1.12 bits per heavy atom. The first kappa shape index (κ1) is 21.0. The van der Waals surface area contributed by atoms with E-state index in [1.54, 1.807) is 12.1 Å². The average Bonchev–Trinajstić information content (AvgIpc) is 2.55. The summed E-state index contributed by atoms with van der Waals surface area (Å²) in [7, 11) is 0. The fourth-order valence-electron chi connectivity index (χ4n) is 2.16. The molecule has 0 heterocycles. The van der Waals surface area contributed by atoms with Crippen LogP contribution in [0.25, 0.3) is 0 Å². The van der Waals surface area contributed by atoms with Crippen LogP contribution in [0.1, 0.15) is 43.2 Å². The topological polar surface area (TPSA) is 46.5 Å². The van der Waals surface area contributed by atoms with Crippen molar-refractivity contribution in [3.8, 4) is 0 Å². The molecule has 25 heavy (non-hydrogen) atoms. The monoisotopic (exact) mass is 356 g/mol. The lowest BCUT2D eigenvalue weighted by atomic mass is 10.1. The summed E-state index contributed by atoms with van der Waals surface area (Å²) >= 11 is 0. The Morgan fingerprint density at radius 3 is 2.60 bits per heavy atom. The Kier molecular flexibility index (Phi) is 9.62. The highest BCUT2D eigenvalue weighted by atomic mass is 19.4. The largest absolute Gasteiger partial charge is 0.478 e. The van der Waals surface area contributed by atoms with Crippen LogP contribution in [-0.4, -0.2) is 17.7 Å². The molecule has 6 heteroatoms. The number of carboxylic acids is 1. The van der Waals surface area contributed by atoms with Gasteiger partial charge in [-0.2, -0.15) is 13.2 Å². The summed E-state index contributed by atoms with van der Waals surface area (Å²) in [6.07, 6.45) is 6.65. The number of hydrogen-bond donors (Lipinski definition) is 1. The zero-order valence-corrected chi connectivity index (χ0v) is 14.0. The Hall–Kier alpha value is -2.08. The third-order valence-corrected chi connectivity index (χ3v) is 3.42. The zero-order valence-electron chi connectivity index (χ0n) is 14.0. The molecule has 0 spiro atoms. The summed E-state index contributed by atoms with van der Waals surface area (Å²) in [6.45, 7) is 0.704. The van der Waals surface area contributed by atoms with Crippen molar-refractivity contribution in [3.63, 3.8) is 0 Å². The lowest BCUT2D eigenvalue weighted by molar-refractivity contribution is -0.137. The van der Waals surface area contributed by atoms with E-state index in [0.29, 0.717) is 12.2 Å². The van der Waals surface area contributed by atoms with E-state index in [0.717, 1.165) is 50.3 Å². The van der Waals surface area contributed by atoms with Gasteiger partial charge >= 0.3 is 12.1 Å². The number of allylic oxidation sites excluding steroid dienone is 3. The molecule has 0 aliphatic rings. The summed E-state index contributed by atoms with van der Waals surface area (Å²) in [5.41, 5.74) is -0.130. The maximum Gasteiger partial charge on any atom is 0.416 e. The fraction of sp³-hybridized carbons (Fsp3) is 0.421. The lowest BCUT2D eigenvalue weighted by Crippen LogP contribution is -2.05. The highest BCUT2D eigenvalue weighted by Crippen LogP contribution is 2.29. The second-order valence-corrected chi connectivity index (χ2v) is 5.58. The summed E-state index contributed by atoms with van der Waals surface area (Å²) in [5, 5.41) is 8.40. The molecular formula is C19H23F3O3. The van der Waals surface area contributed by atoms with Gasteiger partial charge in [-0.1, -0.05) is 43.2 Å². The Bertz CT molecular complexity index is 578. The van der Waals surface area contributed by atoms with Gasteiger partial charge in [-0.05, 0) is 37.0 Å². The summed E-state index contributed by atoms with van der Waals surface area (Å²) in [5.74, 6) is -0.963. The van der Waals surface area contributed by atoms with Gasteiger partial charge in [0.25, 0.3) is 0 Å². The number of benzene rings is 1. The smallest absolute Gasteiger partial charge is 0.416 e. The minimum atomic E-state index is -4.33. The molecule has 0 aliphatic heterocycles. The van der Waals surface area contributed by atoms with E-state index in [4.69, 9.17) is 9.84 Å². The van der Waals surface area contributed by atoms with Gasteiger partial charge in [0.15, 0.2) is 0 Å². The highest BCUT2D eigenvalue weighted by molar-refractivity contribution is 5.80. The van der Waals surface area contributed by atoms with Crippen LogP contribution in [0.15, 0.2) is 48.6 Å². The third kappa shape index (κ3) is 10.4. The zero-order chi connectivity index (χ0) is 18.5. The molecule has 3 nitrogen and oxygen atoms in total. The van der Waals surface area contributed by atoms with Crippen LogP contribution in [0.5, 0.6) is 0 Å². The maximum atomic E-state index is 12.6. The number of halogens is 3. The van der Waals surface area contributed by atoms with Gasteiger partial charge in [-0.25, -0.2) is 4.79 Å². The number of unbranched alkanes of at least 4 members (excludes halogenated alkanes) is 4. The molecule has 0 amide bonds. The van der Waals surface area contributed by atoms with Crippen molar-refractivity contribution in [2.75, 3.05) is 6.61 Å². The molecule has 0 bridgehead atoms. The van der Waals surface area contributed by atoms with Crippen LogP contribution in [0.3, 0.4) is 0 Å². The highest BCUT2D eigenvalue weighted by Gasteiger charge is 2.30. The molecule has 0 aromatic heterocycles. The Balaban J connectivity index is 2.07. The van der Waals surface area contributed by atoms with Crippen LogP contribution in [0, 0.1) is 0 Å². The minimum Gasteiger partial charge on any atom is -0.478 e. The molecule has 0 atom stereocenters. The average molecular weight is 356 g/mol. The van der Waals surface area contributed by atoms with Crippen molar-refractivity contribution in [2.45, 2.75) is 44.9 Å². The van der Waals surface area contributed by atoms with E-state index in [2.05, 4.69) is 0 Å². The van der Waals surface area contributed by atoms with Crippen LogP contribution in [0.4, 0.5) is 13.2 Å². The van der Waals surface area contributed by atoms with E-state index in [1.807, 2.05) is 6.08 Å². The minimum absolute atomic E-state index is 0.183. The van der Waals surface area contributed by atoms with E-state index < -0.39 is 17.7 Å². The van der Waals surface area contributed by atoms with Crippen molar-refractivity contribution in [1.82, 2.24) is 0 Å². The SMILES string of the molecule is O=C(O)/C=C/C=C/CCCCCCOCc1cccc(C(F)(F)F)c1. The van der Waals surface area contributed by atoms with Crippen LogP contribution < -0.4 is 0 Å². The summed E-state index contributed by atoms with van der Waals surface area (Å²) < 4.78 is 43.2. The molecule has 1 aromatic rings. The predicted octanol–water partition coefficient (Wildman–Crippen LogP) is 5.37. The van der Waals surface area contributed by atoms with Gasteiger partial charge in [-0.3, -0.25) is 0 Å². The second-order valence-electron chi connectivity index (χ2n) is 5.58. The first-order valence-electron chi connectivity index (χ1n) is 8.19. The second kappa shape index (κ2) is 11.5. The third-order valence-electron chi connectivity index (χ3n) is 3.42. The predicted molar refractivity (Wildman–Crippen MR) is 90.1 cm³/mol. The number of ether oxygens (including phenoxy) is 1. The summed E-state index contributed by atoms with van der Waals surface area (Å²) in [4.78, 5) is 10.2. The normalized spacial score (nSPS) is 12.3. The maximum absolute atomic E-state index is 12.6. The van der Waals surface area contributed by atoms with Crippen LogP contribution >= 0.6 is 0 Å². The Morgan fingerprint density at radius 2 is 1.88 bits per heavy atom. The molecule has 0 radical (unpaired) electrons. The molecule has 1 N–H and O–H groups in total. The molecule has 138 valence electrons. The molecular weight excluding hydrogens is 333 g/mol. The number of hydrogen-bond acceptors (Lipinski definition) is 2. The van der Waals surface area contributed by atoms with Crippen LogP contribution in [0.2, 0.25) is 0 Å². The van der Waals surface area contributed by atoms with Crippen LogP contribution in [-0.2, 0) is 22.3 Å². The number of aliphatic carboxylic acids is 1. The van der Waals surface area contributed by atoms with E-state index in [9.17, 15) is 18.0 Å². The van der Waals surface area contributed by atoms with Gasteiger partial charge in [0.05, 0.1) is 12.2 Å². The van der Waals surface area contributed by atoms with Crippen molar-refractivity contribution in [1.29, 1.82) is 0 Å². The van der Waals surface area contributed by atoms with E-state index in [1.165, 1.54) is 12.1 Å². The van der Waals surface area contributed by atoms with E-state index in [-0.39, 0.29) is 6.61 Å². The fourth-order valence-corrected chi connectivity index (χ4v) is 2.16. The molecule has 1 rings (SSSR count). The molecule has 0 saturated heterocycles. The van der Waals surface area contributed by atoms with Gasteiger partial charge in [0, 0.05) is 12.7 Å². The first-order chi connectivity index (χ1) is 11.9. The molecule has 0 saturated carbocycles. The van der Waals surface area contributed by atoms with Crippen molar-refractivity contribution in [3.05, 3.63) is 59.7 Å². The van der Waals surface area contributed by atoms with Gasteiger partial charge in [-0.15, -0.1) is 0 Å². The number of carboxylic acid groups (broad SMARTS) is 1. The Labute approximate surface area is 145 Å². The molecule has 1 aromatic carbocycles. The van der Waals surface area contributed by atoms with Crippen molar-refractivity contribution >= 4 is 5.97 Å². The van der Waals surface area contributed by atoms with Crippen molar-refractivity contribution in [2.24, 2.45) is 0 Å².